The highest BCUT2D eigenvalue weighted by Gasteiger charge is 2.27. The number of ether oxygens (including phenoxy) is 1. The van der Waals surface area contributed by atoms with Crippen molar-refractivity contribution in [1.29, 1.82) is 0 Å². The van der Waals surface area contributed by atoms with E-state index in [4.69, 9.17) is 9.72 Å². The molecule has 1 aliphatic heterocycles. The molecule has 0 bridgehead atoms. The zero-order valence-corrected chi connectivity index (χ0v) is 17.6. The van der Waals surface area contributed by atoms with Crippen LogP contribution < -0.4 is 5.56 Å². The third kappa shape index (κ3) is 3.94. The average Bonchev–Trinajstić information content (AvgIpc) is 3.19. The number of benzene rings is 2. The van der Waals surface area contributed by atoms with Crippen molar-refractivity contribution in [2.24, 2.45) is 0 Å². The van der Waals surface area contributed by atoms with E-state index in [2.05, 4.69) is 41.1 Å². The van der Waals surface area contributed by atoms with Crippen LogP contribution in [0.1, 0.15) is 24.4 Å². The summed E-state index contributed by atoms with van der Waals surface area (Å²) in [6.07, 6.45) is 0.141. The van der Waals surface area contributed by atoms with Gasteiger partial charge in [0.15, 0.2) is 0 Å². The molecule has 2 atom stereocenters. The Bertz CT molecular complexity index is 1200. The zero-order valence-electron chi connectivity index (χ0n) is 16.7. The maximum Gasteiger partial charge on any atom is 0.259 e. The Morgan fingerprint density at radius 1 is 1.10 bits per heavy atom. The van der Waals surface area contributed by atoms with Gasteiger partial charge >= 0.3 is 0 Å². The molecule has 30 heavy (non-hydrogen) atoms. The first-order chi connectivity index (χ1) is 14.7. The fourth-order valence-corrected chi connectivity index (χ4v) is 5.08. The molecule has 0 saturated carbocycles. The maximum atomic E-state index is 12.7. The number of thiophene rings is 1. The Morgan fingerprint density at radius 2 is 1.83 bits per heavy atom. The van der Waals surface area contributed by atoms with Crippen LogP contribution in [0.2, 0.25) is 0 Å². The molecule has 0 aliphatic carbocycles. The van der Waals surface area contributed by atoms with E-state index in [0.29, 0.717) is 17.8 Å². The molecule has 152 valence electrons. The number of rotatable bonds is 4. The van der Waals surface area contributed by atoms with Gasteiger partial charge in [0, 0.05) is 18.0 Å². The Morgan fingerprint density at radius 3 is 2.60 bits per heavy atom. The fraction of sp³-hybridized carbons (Fsp3) is 0.250. The van der Waals surface area contributed by atoms with Crippen LogP contribution in [-0.2, 0) is 11.3 Å². The van der Waals surface area contributed by atoms with Gasteiger partial charge in [-0.25, -0.2) is 4.98 Å². The highest BCUT2D eigenvalue weighted by molar-refractivity contribution is 7.21. The third-order valence-electron chi connectivity index (χ3n) is 5.39. The quantitative estimate of drug-likeness (QED) is 0.527. The number of fused-ring (bicyclic) bond motifs is 1. The van der Waals surface area contributed by atoms with E-state index < -0.39 is 0 Å². The highest BCUT2D eigenvalue weighted by atomic mass is 32.1. The van der Waals surface area contributed by atoms with Gasteiger partial charge in [0.05, 0.1) is 24.1 Å². The molecule has 4 aromatic rings. The van der Waals surface area contributed by atoms with Crippen LogP contribution in [0.25, 0.3) is 20.7 Å². The number of morpholine rings is 1. The van der Waals surface area contributed by atoms with E-state index in [0.717, 1.165) is 28.4 Å². The molecule has 1 saturated heterocycles. The molecule has 2 unspecified atom stereocenters. The lowest BCUT2D eigenvalue weighted by Crippen LogP contribution is -2.42. The number of nitrogens with one attached hydrogen (secondary N) is 1. The van der Waals surface area contributed by atoms with Crippen molar-refractivity contribution in [3.8, 4) is 10.4 Å². The lowest BCUT2D eigenvalue weighted by Gasteiger charge is -2.36. The van der Waals surface area contributed by atoms with Crippen LogP contribution in [-0.4, -0.2) is 34.1 Å². The van der Waals surface area contributed by atoms with Gasteiger partial charge in [-0.1, -0.05) is 60.7 Å². The summed E-state index contributed by atoms with van der Waals surface area (Å²) in [5, 5.41) is 0.653. The molecule has 5 nitrogen and oxygen atoms in total. The Balaban J connectivity index is 1.40. The Kier molecular flexibility index (Phi) is 5.21. The summed E-state index contributed by atoms with van der Waals surface area (Å²) in [6.45, 7) is 4.27. The molecule has 2 aromatic heterocycles. The van der Waals surface area contributed by atoms with Gasteiger partial charge in [0.25, 0.3) is 5.56 Å². The normalized spacial score (nSPS) is 19.9. The summed E-state index contributed by atoms with van der Waals surface area (Å²) in [6, 6.07) is 22.3. The van der Waals surface area contributed by atoms with Crippen LogP contribution in [0.15, 0.2) is 71.5 Å². The average molecular weight is 418 g/mol. The smallest absolute Gasteiger partial charge is 0.259 e. The van der Waals surface area contributed by atoms with Gasteiger partial charge in [-0.3, -0.25) is 9.69 Å². The van der Waals surface area contributed by atoms with Gasteiger partial charge < -0.3 is 9.72 Å². The molecular formula is C24H23N3O2S. The predicted octanol–water partition coefficient (Wildman–Crippen LogP) is 4.61. The van der Waals surface area contributed by atoms with Crippen molar-refractivity contribution in [2.75, 3.05) is 13.1 Å². The van der Waals surface area contributed by atoms with Crippen molar-refractivity contribution in [3.63, 3.8) is 0 Å². The molecule has 1 aliphatic rings. The molecule has 2 aromatic carbocycles. The number of hydrogen-bond donors (Lipinski definition) is 1. The zero-order chi connectivity index (χ0) is 20.5. The summed E-state index contributed by atoms with van der Waals surface area (Å²) in [5.41, 5.74) is 2.21. The van der Waals surface area contributed by atoms with E-state index in [-0.39, 0.29) is 17.8 Å². The minimum Gasteiger partial charge on any atom is -0.368 e. The SMILES string of the molecule is CC1CN(Cc2nc3sc(-c4ccccc4)cc3c(=O)[nH]2)CC(c2ccccc2)O1. The summed E-state index contributed by atoms with van der Waals surface area (Å²) in [7, 11) is 0. The molecule has 0 spiro atoms. The van der Waals surface area contributed by atoms with Crippen LogP contribution >= 0.6 is 11.3 Å². The predicted molar refractivity (Wildman–Crippen MR) is 121 cm³/mol. The van der Waals surface area contributed by atoms with Crippen molar-refractivity contribution in [1.82, 2.24) is 14.9 Å². The molecule has 1 N–H and O–H groups in total. The lowest BCUT2D eigenvalue weighted by molar-refractivity contribution is -0.0819. The number of H-pyrrole nitrogens is 1. The number of hydrogen-bond acceptors (Lipinski definition) is 5. The Labute approximate surface area is 179 Å². The standard InChI is InChI=1S/C24H23N3O2S/c1-16-13-27(14-20(29-16)17-8-4-2-5-9-17)15-22-25-23(28)19-12-21(30-24(19)26-22)18-10-6-3-7-11-18/h2-12,16,20H,13-15H2,1H3,(H,25,26,28). The summed E-state index contributed by atoms with van der Waals surface area (Å²) >= 11 is 1.56. The van der Waals surface area contributed by atoms with E-state index in [9.17, 15) is 4.79 Å². The van der Waals surface area contributed by atoms with Gasteiger partial charge in [0.1, 0.15) is 10.7 Å². The van der Waals surface area contributed by atoms with E-state index in [1.165, 1.54) is 5.56 Å². The minimum atomic E-state index is -0.0747. The Hall–Kier alpha value is -2.80. The van der Waals surface area contributed by atoms with Crippen molar-refractivity contribution < 1.29 is 4.74 Å². The molecule has 0 amide bonds. The van der Waals surface area contributed by atoms with Crippen LogP contribution in [0.3, 0.4) is 0 Å². The number of aromatic nitrogens is 2. The van der Waals surface area contributed by atoms with Crippen molar-refractivity contribution >= 4 is 21.6 Å². The fourth-order valence-electron chi connectivity index (χ4n) is 4.03. The highest BCUT2D eigenvalue weighted by Crippen LogP contribution is 2.31. The van der Waals surface area contributed by atoms with E-state index in [1.807, 2.05) is 42.5 Å². The molecular weight excluding hydrogens is 394 g/mol. The second-order valence-corrected chi connectivity index (χ2v) is 8.78. The van der Waals surface area contributed by atoms with Crippen LogP contribution in [0.5, 0.6) is 0 Å². The number of aromatic amines is 1. The van der Waals surface area contributed by atoms with Crippen LogP contribution in [0, 0.1) is 0 Å². The summed E-state index contributed by atoms with van der Waals surface area (Å²) in [4.78, 5) is 24.6. The maximum absolute atomic E-state index is 12.7. The molecule has 6 heteroatoms. The lowest BCUT2D eigenvalue weighted by atomic mass is 10.1. The molecule has 1 fully saturated rings. The second kappa shape index (κ2) is 8.14. The van der Waals surface area contributed by atoms with Crippen LogP contribution in [0.4, 0.5) is 0 Å². The van der Waals surface area contributed by atoms with E-state index in [1.54, 1.807) is 11.3 Å². The minimum absolute atomic E-state index is 0.0248. The molecule has 5 rings (SSSR count). The molecule has 3 heterocycles. The second-order valence-electron chi connectivity index (χ2n) is 7.75. The first-order valence-corrected chi connectivity index (χ1v) is 11.0. The van der Waals surface area contributed by atoms with Gasteiger partial charge in [0.2, 0.25) is 0 Å². The van der Waals surface area contributed by atoms with Crippen molar-refractivity contribution in [2.45, 2.75) is 25.7 Å². The van der Waals surface area contributed by atoms with Crippen molar-refractivity contribution in [3.05, 3.63) is 88.5 Å². The summed E-state index contributed by atoms with van der Waals surface area (Å²) in [5.74, 6) is 0.704. The monoisotopic (exact) mass is 417 g/mol. The molecule has 0 radical (unpaired) electrons. The first-order valence-electron chi connectivity index (χ1n) is 10.2. The largest absolute Gasteiger partial charge is 0.368 e. The van der Waals surface area contributed by atoms with Gasteiger partial charge in [-0.2, -0.15) is 0 Å². The summed E-state index contributed by atoms with van der Waals surface area (Å²) < 4.78 is 6.15. The topological polar surface area (TPSA) is 58.2 Å². The van der Waals surface area contributed by atoms with Gasteiger partial charge in [-0.15, -0.1) is 11.3 Å². The first kappa shape index (κ1) is 19.2. The van der Waals surface area contributed by atoms with Gasteiger partial charge in [-0.05, 0) is 24.1 Å². The number of nitrogens with zero attached hydrogens (tertiary/aromatic N) is 2. The van der Waals surface area contributed by atoms with E-state index >= 15 is 0 Å². The third-order valence-corrected chi connectivity index (χ3v) is 6.47.